The Balaban J connectivity index is 2.78. The highest BCUT2D eigenvalue weighted by atomic mass is 16.6. The Morgan fingerprint density at radius 3 is 2.68 bits per heavy atom. The summed E-state index contributed by atoms with van der Waals surface area (Å²) in [6.07, 6.45) is 1.55. The molecule has 0 aromatic heterocycles. The topological polar surface area (TPSA) is 75.4 Å². The Hall–Kier alpha value is -1.46. The normalized spacial score (nSPS) is 14.1. The average molecular weight is 266 g/mol. The van der Waals surface area contributed by atoms with Gasteiger partial charge < -0.3 is 10.4 Å². The number of aliphatic hydroxyl groups is 1. The third kappa shape index (κ3) is 4.29. The molecule has 0 amide bonds. The van der Waals surface area contributed by atoms with Crippen LogP contribution in [0.5, 0.6) is 0 Å². The van der Waals surface area contributed by atoms with Gasteiger partial charge >= 0.3 is 0 Å². The molecule has 5 heteroatoms. The summed E-state index contributed by atoms with van der Waals surface area (Å²) in [5.41, 5.74) is 1.56. The maximum absolute atomic E-state index is 10.9. The Kier molecular flexibility index (Phi) is 5.44. The number of aliphatic hydroxyl groups excluding tert-OH is 1. The zero-order chi connectivity index (χ0) is 14.5. The van der Waals surface area contributed by atoms with Crippen molar-refractivity contribution in [2.75, 3.05) is 6.61 Å². The second-order valence-corrected chi connectivity index (χ2v) is 5.12. The lowest BCUT2D eigenvalue weighted by Crippen LogP contribution is -2.42. The molecule has 0 aliphatic rings. The summed E-state index contributed by atoms with van der Waals surface area (Å²) in [6, 6.07) is 5.27. The van der Waals surface area contributed by atoms with Gasteiger partial charge in [0.1, 0.15) is 0 Å². The lowest BCUT2D eigenvalue weighted by Gasteiger charge is -2.29. The van der Waals surface area contributed by atoms with E-state index in [0.29, 0.717) is 18.5 Å². The summed E-state index contributed by atoms with van der Waals surface area (Å²) in [7, 11) is 0. The number of rotatable bonds is 7. The molecule has 5 nitrogen and oxygen atoms in total. The van der Waals surface area contributed by atoms with Gasteiger partial charge in [-0.3, -0.25) is 10.1 Å². The van der Waals surface area contributed by atoms with Crippen LogP contribution in [0.2, 0.25) is 0 Å². The fraction of sp³-hybridized carbons (Fsp3) is 0.571. The zero-order valence-corrected chi connectivity index (χ0v) is 11.8. The number of nitrogens with zero attached hydrogens (tertiary/aromatic N) is 1. The van der Waals surface area contributed by atoms with Crippen molar-refractivity contribution >= 4 is 5.69 Å². The molecule has 0 bridgehead atoms. The molecular formula is C14H22N2O3. The largest absolute Gasteiger partial charge is 0.396 e. The molecule has 2 N–H and O–H groups in total. The molecular weight excluding hydrogens is 244 g/mol. The second-order valence-electron chi connectivity index (χ2n) is 5.12. The van der Waals surface area contributed by atoms with Crippen LogP contribution in [0.3, 0.4) is 0 Å². The van der Waals surface area contributed by atoms with E-state index in [1.807, 2.05) is 13.0 Å². The van der Waals surface area contributed by atoms with E-state index in [4.69, 9.17) is 5.11 Å². The van der Waals surface area contributed by atoms with Gasteiger partial charge in [-0.1, -0.05) is 19.1 Å². The molecule has 1 rings (SSSR count). The van der Waals surface area contributed by atoms with E-state index in [-0.39, 0.29) is 22.8 Å². The summed E-state index contributed by atoms with van der Waals surface area (Å²) in [5.74, 6) is 0. The summed E-state index contributed by atoms with van der Waals surface area (Å²) in [5, 5.41) is 23.3. The van der Waals surface area contributed by atoms with Crippen LogP contribution < -0.4 is 5.32 Å². The van der Waals surface area contributed by atoms with Crippen molar-refractivity contribution in [3.8, 4) is 0 Å². The molecule has 0 spiro atoms. The van der Waals surface area contributed by atoms with Gasteiger partial charge in [0.05, 0.1) is 4.92 Å². The van der Waals surface area contributed by atoms with Gasteiger partial charge in [-0.05, 0) is 32.3 Å². The summed E-state index contributed by atoms with van der Waals surface area (Å²) >= 11 is 0. The number of nitrogens with one attached hydrogen (secondary N) is 1. The summed E-state index contributed by atoms with van der Waals surface area (Å²) in [6.45, 7) is 6.53. The van der Waals surface area contributed by atoms with Gasteiger partial charge in [0, 0.05) is 30.3 Å². The van der Waals surface area contributed by atoms with Crippen molar-refractivity contribution in [2.24, 2.45) is 0 Å². The molecule has 0 aliphatic heterocycles. The summed E-state index contributed by atoms with van der Waals surface area (Å²) < 4.78 is 0. The Bertz CT molecular complexity index is 448. The number of nitro benzene ring substituents is 1. The van der Waals surface area contributed by atoms with E-state index >= 15 is 0 Å². The van der Waals surface area contributed by atoms with Crippen molar-refractivity contribution < 1.29 is 10.0 Å². The molecule has 106 valence electrons. The summed E-state index contributed by atoms with van der Waals surface area (Å²) in [4.78, 5) is 10.5. The maximum atomic E-state index is 10.9. The first-order valence-electron chi connectivity index (χ1n) is 6.51. The van der Waals surface area contributed by atoms with Crippen LogP contribution in [0.4, 0.5) is 5.69 Å². The van der Waals surface area contributed by atoms with E-state index in [1.165, 1.54) is 0 Å². The molecule has 0 saturated carbocycles. The van der Waals surface area contributed by atoms with E-state index in [1.54, 1.807) is 19.1 Å². The van der Waals surface area contributed by atoms with Gasteiger partial charge in [-0.15, -0.1) is 0 Å². The molecule has 0 saturated heterocycles. The quantitative estimate of drug-likeness (QED) is 0.587. The highest BCUT2D eigenvalue weighted by Gasteiger charge is 2.20. The third-order valence-electron chi connectivity index (χ3n) is 3.63. The molecule has 0 aliphatic carbocycles. The van der Waals surface area contributed by atoms with Crippen LogP contribution in [0.15, 0.2) is 18.2 Å². The van der Waals surface area contributed by atoms with Crippen LogP contribution >= 0.6 is 0 Å². The first kappa shape index (κ1) is 15.6. The number of nitro groups is 1. The van der Waals surface area contributed by atoms with Gasteiger partial charge in [0.25, 0.3) is 5.69 Å². The van der Waals surface area contributed by atoms with Crippen LogP contribution in [-0.4, -0.2) is 22.2 Å². The fourth-order valence-electron chi connectivity index (χ4n) is 1.91. The lowest BCUT2D eigenvalue weighted by atomic mass is 9.94. The van der Waals surface area contributed by atoms with Gasteiger partial charge in [-0.2, -0.15) is 0 Å². The van der Waals surface area contributed by atoms with E-state index in [0.717, 1.165) is 12.0 Å². The molecule has 0 heterocycles. The van der Waals surface area contributed by atoms with Crippen molar-refractivity contribution in [1.82, 2.24) is 5.32 Å². The van der Waals surface area contributed by atoms with Crippen molar-refractivity contribution in [1.29, 1.82) is 0 Å². The molecule has 1 aromatic rings. The minimum Gasteiger partial charge on any atom is -0.396 e. The first-order chi connectivity index (χ1) is 8.91. The molecule has 1 aromatic carbocycles. The first-order valence-corrected chi connectivity index (χ1v) is 6.51. The van der Waals surface area contributed by atoms with Crippen molar-refractivity contribution in [2.45, 2.75) is 45.7 Å². The predicted molar refractivity (Wildman–Crippen MR) is 75.1 cm³/mol. The molecule has 1 atom stereocenters. The smallest absolute Gasteiger partial charge is 0.272 e. The maximum Gasteiger partial charge on any atom is 0.272 e. The van der Waals surface area contributed by atoms with Gasteiger partial charge in [0.15, 0.2) is 0 Å². The zero-order valence-electron chi connectivity index (χ0n) is 11.8. The highest BCUT2D eigenvalue weighted by molar-refractivity contribution is 5.42. The Morgan fingerprint density at radius 2 is 2.16 bits per heavy atom. The number of aryl methyl sites for hydroxylation is 1. The lowest BCUT2D eigenvalue weighted by molar-refractivity contribution is -0.385. The van der Waals surface area contributed by atoms with Crippen LogP contribution in [0.25, 0.3) is 0 Å². The van der Waals surface area contributed by atoms with E-state index in [9.17, 15) is 10.1 Å². The van der Waals surface area contributed by atoms with E-state index in [2.05, 4.69) is 12.2 Å². The predicted octanol–water partition coefficient (Wildman–Crippen LogP) is 2.54. The highest BCUT2D eigenvalue weighted by Crippen LogP contribution is 2.20. The van der Waals surface area contributed by atoms with Crippen LogP contribution in [0, 0.1) is 17.0 Å². The fourth-order valence-corrected chi connectivity index (χ4v) is 1.91. The molecule has 0 fully saturated rings. The van der Waals surface area contributed by atoms with Crippen LogP contribution in [-0.2, 0) is 6.54 Å². The average Bonchev–Trinajstić information content (AvgIpc) is 2.38. The van der Waals surface area contributed by atoms with Crippen molar-refractivity contribution in [3.63, 3.8) is 0 Å². The monoisotopic (exact) mass is 266 g/mol. The SMILES string of the molecule is CCC(C)(CCO)NCc1ccc(C)c([N+](=O)[O-])c1. The van der Waals surface area contributed by atoms with Crippen LogP contribution in [0.1, 0.15) is 37.8 Å². The molecule has 1 unspecified atom stereocenters. The standard InChI is InChI=1S/C14H22N2O3/c1-4-14(3,7-8-17)15-10-12-6-5-11(2)13(9-12)16(18)19/h5-6,9,15,17H,4,7-8,10H2,1-3H3. The third-order valence-corrected chi connectivity index (χ3v) is 3.63. The minimum absolute atomic E-state index is 0.130. The second kappa shape index (κ2) is 6.63. The minimum atomic E-state index is -0.356. The van der Waals surface area contributed by atoms with Gasteiger partial charge in [-0.25, -0.2) is 0 Å². The number of hydrogen-bond acceptors (Lipinski definition) is 4. The van der Waals surface area contributed by atoms with E-state index < -0.39 is 0 Å². The molecule has 19 heavy (non-hydrogen) atoms. The Morgan fingerprint density at radius 1 is 1.47 bits per heavy atom. The Labute approximate surface area is 113 Å². The van der Waals surface area contributed by atoms with Crippen molar-refractivity contribution in [3.05, 3.63) is 39.4 Å². The molecule has 0 radical (unpaired) electrons. The number of hydrogen-bond donors (Lipinski definition) is 2. The number of benzene rings is 1. The van der Waals surface area contributed by atoms with Gasteiger partial charge in [0.2, 0.25) is 0 Å².